The van der Waals surface area contributed by atoms with E-state index >= 15 is 0 Å². The van der Waals surface area contributed by atoms with Gasteiger partial charge in [0.05, 0.1) is 33.4 Å². The molecule has 0 N–H and O–H groups in total. The first-order valence-electron chi connectivity index (χ1n) is 47.6. The fourth-order valence-corrected chi connectivity index (χ4v) is 21.6. The van der Waals surface area contributed by atoms with E-state index in [4.69, 9.17) is 0 Å². The van der Waals surface area contributed by atoms with Crippen molar-refractivity contribution in [3.63, 3.8) is 0 Å². The first-order valence-corrected chi connectivity index (χ1v) is 47.6. The average Bonchev–Trinajstić information content (AvgIpc) is 1.43. The van der Waals surface area contributed by atoms with Gasteiger partial charge in [0.15, 0.2) is 0 Å². The minimum atomic E-state index is 1.11. The van der Waals surface area contributed by atoms with Gasteiger partial charge in [0.25, 0.3) is 0 Å². The van der Waals surface area contributed by atoms with Crippen LogP contribution in [0.3, 0.4) is 0 Å². The van der Waals surface area contributed by atoms with Crippen LogP contribution in [0.25, 0.3) is 219 Å². The van der Waals surface area contributed by atoms with Crippen molar-refractivity contribution < 1.29 is 0 Å². The summed E-state index contributed by atoms with van der Waals surface area (Å²) in [5, 5.41) is 25.2. The Hall–Kier alpha value is -18.2. The molecule has 4 nitrogen and oxygen atoms in total. The molecule has 0 bridgehead atoms. The fraction of sp³-hybridized carbons (Fsp3) is 0. The Balaban J connectivity index is 0.000000143. The SMILES string of the molecule is c1ccc(-c2ccc(-c3ccc4c(c3)c3cc(-c5ccc(N(c6ccccc6)c6cccc7ccccc67)cc5)ccc3n4-c3ccc(-c4ccc5c6ccccc6c6ccccc6c5c4)cc3)cc2)cc1.c1ccc(-c2ccc3c(c2)c2cc(-c4ccc(N(c5ccccc5)c5cccc6ccccc56)cc4)ccc2n3-c2ccc(-c3ccc4c5ccccc5c5ccccc5c4c3)cc2)cc1. The molecule has 2 aromatic heterocycles. The third-order valence-electron chi connectivity index (χ3n) is 28.3. The Bertz CT molecular complexity index is 9310. The Kier molecular flexibility index (Phi) is 19.9. The van der Waals surface area contributed by atoms with Gasteiger partial charge in [0.1, 0.15) is 0 Å². The van der Waals surface area contributed by atoms with Crippen LogP contribution in [0.15, 0.2) is 534 Å². The maximum atomic E-state index is 2.44. The molecule has 0 radical (unpaired) electrons. The van der Waals surface area contributed by atoms with Crippen LogP contribution < -0.4 is 9.80 Å². The number of hydrogen-bond acceptors (Lipinski definition) is 2. The molecule has 644 valence electrons. The minimum Gasteiger partial charge on any atom is -0.310 e. The largest absolute Gasteiger partial charge is 0.310 e. The van der Waals surface area contributed by atoms with E-state index < -0.39 is 0 Å². The lowest BCUT2D eigenvalue weighted by Gasteiger charge is -2.27. The molecule has 0 aliphatic heterocycles. The smallest absolute Gasteiger partial charge is 0.0541 e. The maximum absolute atomic E-state index is 2.44. The summed E-state index contributed by atoms with van der Waals surface area (Å²) in [7, 11) is 0. The van der Waals surface area contributed by atoms with Gasteiger partial charge in [-0.1, -0.05) is 388 Å². The van der Waals surface area contributed by atoms with Gasteiger partial charge in [0, 0.05) is 66.4 Å². The number of para-hydroxylation sites is 2. The highest BCUT2D eigenvalue weighted by molar-refractivity contribution is 6.27. The zero-order chi connectivity index (χ0) is 91.1. The molecular weight excluding hydrogens is 1670 g/mol. The molecule has 0 amide bonds. The summed E-state index contributed by atoms with van der Waals surface area (Å²) >= 11 is 0. The van der Waals surface area contributed by atoms with Gasteiger partial charge in [-0.3, -0.25) is 0 Å². The number of aromatic nitrogens is 2. The molecule has 27 rings (SSSR count). The summed E-state index contributed by atoms with van der Waals surface area (Å²) in [5.41, 5.74) is 30.5. The highest BCUT2D eigenvalue weighted by Crippen LogP contribution is 2.48. The van der Waals surface area contributed by atoms with Crippen molar-refractivity contribution in [2.75, 3.05) is 9.80 Å². The van der Waals surface area contributed by atoms with Crippen molar-refractivity contribution in [3.8, 4) is 89.3 Å². The van der Waals surface area contributed by atoms with Crippen LogP contribution in [0, 0.1) is 0 Å². The molecule has 0 unspecified atom stereocenters. The number of anilines is 6. The van der Waals surface area contributed by atoms with E-state index in [0.29, 0.717) is 0 Å². The van der Waals surface area contributed by atoms with E-state index in [0.717, 1.165) is 45.5 Å². The first-order chi connectivity index (χ1) is 68.4. The fourth-order valence-electron chi connectivity index (χ4n) is 21.6. The van der Waals surface area contributed by atoms with Crippen molar-refractivity contribution in [1.29, 1.82) is 0 Å². The van der Waals surface area contributed by atoms with Crippen LogP contribution in [0.1, 0.15) is 0 Å². The lowest BCUT2D eigenvalue weighted by Crippen LogP contribution is -2.10. The minimum absolute atomic E-state index is 1.11. The number of benzene rings is 25. The molecule has 0 atom stereocenters. The summed E-state index contributed by atoms with van der Waals surface area (Å²) in [6.45, 7) is 0. The first kappa shape index (κ1) is 80.6. The quantitative estimate of drug-likeness (QED) is 0.0951. The predicted molar refractivity (Wildman–Crippen MR) is 589 cm³/mol. The summed E-state index contributed by atoms with van der Waals surface area (Å²) in [5.74, 6) is 0. The molecule has 0 saturated heterocycles. The molecule has 0 saturated carbocycles. The molecule has 25 aromatic carbocycles. The van der Waals surface area contributed by atoms with Gasteiger partial charge in [-0.15, -0.1) is 0 Å². The van der Waals surface area contributed by atoms with Crippen LogP contribution in [0.5, 0.6) is 0 Å². The lowest BCUT2D eigenvalue weighted by molar-refractivity contribution is 1.18. The van der Waals surface area contributed by atoms with E-state index in [1.165, 1.54) is 208 Å². The number of rotatable bonds is 15. The standard InChI is InChI=1S/C70H46N2.C64H42N2/c1-3-14-47(15-4-1)48-26-28-49(29-27-48)54-35-42-69-66(45-54)67-46-55(51-30-37-57(38-31-51)71(56-18-5-2-6-19-56)68-25-13-17-52-16-7-8-20-59(52)68)36-43-70(67)72(69)58-39-32-50(33-40-58)53-34-41-64-62-23-10-9-21-60(62)61-22-11-12-24-63(61)65(64)44-53;1-3-14-43(15-4-1)48-31-38-63-60(41-48)61-42-49(45-26-33-51(34-27-45)65(50-18-5-2-6-19-50)62-25-13-17-46-16-7-8-20-53(46)62)32-39-64(61)66(63)52-35-28-44(29-36-52)47-30-37-58-56-23-10-9-21-54(56)55-22-11-12-24-57(55)59(58)40-47/h1-46H;1-42H. The topological polar surface area (TPSA) is 16.3 Å². The number of nitrogens with zero attached hydrogens (tertiary/aromatic N) is 4. The zero-order valence-corrected chi connectivity index (χ0v) is 75.6. The van der Waals surface area contributed by atoms with Gasteiger partial charge >= 0.3 is 0 Å². The Labute approximate surface area is 800 Å². The highest BCUT2D eigenvalue weighted by atomic mass is 15.1. The second-order valence-corrected chi connectivity index (χ2v) is 36.1. The zero-order valence-electron chi connectivity index (χ0n) is 75.6. The molecule has 4 heteroatoms. The molecule has 0 fully saturated rings. The molecule has 0 aliphatic rings. The molecule has 0 spiro atoms. The second-order valence-electron chi connectivity index (χ2n) is 36.1. The summed E-state index contributed by atoms with van der Waals surface area (Å²) < 4.78 is 4.86. The van der Waals surface area contributed by atoms with Crippen molar-refractivity contribution in [2.24, 2.45) is 0 Å². The number of hydrogen-bond donors (Lipinski definition) is 0. The molecule has 138 heavy (non-hydrogen) atoms. The summed E-state index contributed by atoms with van der Waals surface area (Å²) in [4.78, 5) is 4.73. The molecule has 0 aliphatic carbocycles. The Morgan fingerprint density at radius 1 is 0.116 bits per heavy atom. The van der Waals surface area contributed by atoms with Gasteiger partial charge in [-0.2, -0.15) is 0 Å². The number of fused-ring (bicyclic) bond motifs is 20. The van der Waals surface area contributed by atoms with E-state index in [9.17, 15) is 0 Å². The van der Waals surface area contributed by atoms with Crippen molar-refractivity contribution >= 4 is 164 Å². The second kappa shape index (κ2) is 34.1. The van der Waals surface area contributed by atoms with Gasteiger partial charge in [-0.05, 0) is 299 Å². The van der Waals surface area contributed by atoms with Crippen LogP contribution in [0.2, 0.25) is 0 Å². The van der Waals surface area contributed by atoms with E-state index in [1.807, 2.05) is 0 Å². The van der Waals surface area contributed by atoms with Crippen molar-refractivity contribution in [1.82, 2.24) is 9.13 Å². The van der Waals surface area contributed by atoms with Gasteiger partial charge in [0.2, 0.25) is 0 Å². The van der Waals surface area contributed by atoms with Gasteiger partial charge in [-0.25, -0.2) is 0 Å². The van der Waals surface area contributed by atoms with E-state index in [-0.39, 0.29) is 0 Å². The third kappa shape index (κ3) is 14.2. The van der Waals surface area contributed by atoms with Crippen LogP contribution in [0.4, 0.5) is 34.1 Å². The van der Waals surface area contributed by atoms with Gasteiger partial charge < -0.3 is 18.9 Å². The highest BCUT2D eigenvalue weighted by Gasteiger charge is 2.24. The average molecular weight is 1750 g/mol. The monoisotopic (exact) mass is 1750 g/mol. The molecule has 2 heterocycles. The third-order valence-corrected chi connectivity index (χ3v) is 28.3. The summed E-state index contributed by atoms with van der Waals surface area (Å²) in [6.07, 6.45) is 0. The van der Waals surface area contributed by atoms with Crippen molar-refractivity contribution in [2.45, 2.75) is 0 Å². The van der Waals surface area contributed by atoms with E-state index in [2.05, 4.69) is 553 Å². The predicted octanol–water partition coefficient (Wildman–Crippen LogP) is 37.4. The normalized spacial score (nSPS) is 11.6. The van der Waals surface area contributed by atoms with E-state index in [1.54, 1.807) is 0 Å². The maximum Gasteiger partial charge on any atom is 0.0541 e. The van der Waals surface area contributed by atoms with Crippen LogP contribution in [-0.4, -0.2) is 9.13 Å². The lowest BCUT2D eigenvalue weighted by atomic mass is 9.92. The Morgan fingerprint density at radius 2 is 0.312 bits per heavy atom. The Morgan fingerprint density at radius 3 is 0.623 bits per heavy atom. The van der Waals surface area contributed by atoms with Crippen molar-refractivity contribution in [3.05, 3.63) is 534 Å². The molecule has 27 aromatic rings. The van der Waals surface area contributed by atoms with Crippen LogP contribution >= 0.6 is 0 Å². The molecular formula is C134H88N4. The summed E-state index contributed by atoms with van der Waals surface area (Å²) in [6, 6.07) is 195. The van der Waals surface area contributed by atoms with Crippen LogP contribution in [-0.2, 0) is 0 Å².